The molecule has 5 rings (SSSR count). The Hall–Kier alpha value is -1.75. The number of pyridine rings is 1. The third-order valence-electron chi connectivity index (χ3n) is 6.51. The van der Waals surface area contributed by atoms with Crippen LogP contribution in [0.5, 0.6) is 0 Å². The van der Waals surface area contributed by atoms with Crippen molar-refractivity contribution in [1.82, 2.24) is 19.6 Å². The number of nitrogens with zero attached hydrogens (tertiary/aromatic N) is 3. The second-order valence-corrected chi connectivity index (χ2v) is 10.3. The molecule has 0 saturated carbocycles. The molecule has 32 heavy (non-hydrogen) atoms. The Labute approximate surface area is 203 Å². The van der Waals surface area contributed by atoms with E-state index in [2.05, 4.69) is 32.9 Å². The van der Waals surface area contributed by atoms with Gasteiger partial charge in [-0.1, -0.05) is 24.1 Å². The van der Waals surface area contributed by atoms with Crippen LogP contribution in [0.2, 0.25) is 5.02 Å². The number of halogens is 3. The maximum atomic E-state index is 14.6. The summed E-state index contributed by atoms with van der Waals surface area (Å²) in [5.74, 6) is -0.555. The zero-order chi connectivity index (χ0) is 22.5. The molecule has 2 saturated heterocycles. The largest absolute Gasteiger partial charge is 0.385 e. The van der Waals surface area contributed by atoms with Crippen molar-refractivity contribution in [2.45, 2.75) is 37.3 Å². The Morgan fingerprint density at radius 2 is 2.19 bits per heavy atom. The van der Waals surface area contributed by atoms with Gasteiger partial charge in [0.25, 0.3) is 5.91 Å². The number of carbonyl (C=O) groups is 1. The van der Waals surface area contributed by atoms with E-state index < -0.39 is 5.60 Å². The number of aromatic nitrogens is 2. The van der Waals surface area contributed by atoms with Crippen LogP contribution in [-0.2, 0) is 6.42 Å². The van der Waals surface area contributed by atoms with Crippen molar-refractivity contribution in [2.24, 2.45) is 0 Å². The molecule has 2 aromatic heterocycles. The first kappa shape index (κ1) is 22.1. The summed E-state index contributed by atoms with van der Waals surface area (Å²) in [5, 5.41) is 14.7. The number of amides is 1. The van der Waals surface area contributed by atoms with E-state index in [1.54, 1.807) is 34.0 Å². The predicted molar refractivity (Wildman–Crippen MR) is 129 cm³/mol. The van der Waals surface area contributed by atoms with E-state index >= 15 is 0 Å². The van der Waals surface area contributed by atoms with Crippen LogP contribution >= 0.6 is 34.2 Å². The summed E-state index contributed by atoms with van der Waals surface area (Å²) in [6.07, 6.45) is 8.31. The molecule has 2 aliphatic rings. The lowest BCUT2D eigenvalue weighted by atomic mass is 9.81. The van der Waals surface area contributed by atoms with Gasteiger partial charge in [-0.3, -0.25) is 4.79 Å². The third-order valence-corrected chi connectivity index (χ3v) is 7.58. The number of likely N-dealkylation sites (tertiary alicyclic amines) is 1. The molecule has 2 aliphatic heterocycles. The van der Waals surface area contributed by atoms with E-state index in [0.29, 0.717) is 27.4 Å². The number of hydrogen-bond acceptors (Lipinski definition) is 4. The standard InChI is InChI=1S/C23H23ClFIN4O2/c24-20-16(9-14-4-5-15(26)10-18(14)25)17(11-29-8-7-28-21(20)29)22(31)30-12-23(32,13-30)19-3-1-2-6-27-19/h4-5,7-8,10-11,19,27,32H,1-3,6,9,12-13H2/t19-/m0/s1. The normalized spacial score (nSPS) is 20.4. The van der Waals surface area contributed by atoms with Crippen LogP contribution < -0.4 is 5.32 Å². The highest BCUT2D eigenvalue weighted by atomic mass is 127. The van der Waals surface area contributed by atoms with E-state index in [1.807, 2.05) is 6.07 Å². The van der Waals surface area contributed by atoms with Crippen molar-refractivity contribution in [3.05, 3.63) is 67.9 Å². The van der Waals surface area contributed by atoms with Crippen LogP contribution in [0.4, 0.5) is 4.39 Å². The first-order valence-corrected chi connectivity index (χ1v) is 12.1. The topological polar surface area (TPSA) is 69.9 Å². The lowest BCUT2D eigenvalue weighted by Gasteiger charge is -2.51. The fraction of sp³-hybridized carbons (Fsp3) is 0.391. The molecular formula is C23H23ClFIN4O2. The molecule has 1 amide bonds. The minimum absolute atomic E-state index is 0.000347. The fourth-order valence-corrected chi connectivity index (χ4v) is 5.50. The lowest BCUT2D eigenvalue weighted by Crippen LogP contribution is -2.72. The molecular weight excluding hydrogens is 546 g/mol. The number of hydrogen-bond donors (Lipinski definition) is 2. The molecule has 3 aromatic rings. The number of fused-ring (bicyclic) bond motifs is 1. The van der Waals surface area contributed by atoms with Gasteiger partial charge in [-0.2, -0.15) is 0 Å². The number of aliphatic hydroxyl groups is 1. The highest BCUT2D eigenvalue weighted by Crippen LogP contribution is 2.33. The summed E-state index contributed by atoms with van der Waals surface area (Å²) >= 11 is 8.73. The van der Waals surface area contributed by atoms with Crippen molar-refractivity contribution in [3.8, 4) is 0 Å². The van der Waals surface area contributed by atoms with Crippen molar-refractivity contribution in [1.29, 1.82) is 0 Å². The average Bonchev–Trinajstić information content (AvgIpc) is 3.24. The maximum Gasteiger partial charge on any atom is 0.255 e. The molecule has 0 aliphatic carbocycles. The van der Waals surface area contributed by atoms with E-state index in [9.17, 15) is 14.3 Å². The summed E-state index contributed by atoms with van der Waals surface area (Å²) in [5.41, 5.74) is 1.01. The minimum atomic E-state index is -0.915. The van der Waals surface area contributed by atoms with E-state index in [0.717, 1.165) is 29.4 Å². The van der Waals surface area contributed by atoms with Gasteiger partial charge in [0.2, 0.25) is 0 Å². The quantitative estimate of drug-likeness (QED) is 0.472. The average molecular weight is 569 g/mol. The molecule has 9 heteroatoms. The zero-order valence-corrected chi connectivity index (χ0v) is 20.2. The van der Waals surface area contributed by atoms with Gasteiger partial charge in [-0.25, -0.2) is 9.37 Å². The van der Waals surface area contributed by atoms with Gasteiger partial charge < -0.3 is 19.7 Å². The fourth-order valence-electron chi connectivity index (χ4n) is 4.73. The molecule has 0 spiro atoms. The predicted octanol–water partition coefficient (Wildman–Crippen LogP) is 3.65. The van der Waals surface area contributed by atoms with E-state index in [4.69, 9.17) is 11.6 Å². The number of rotatable bonds is 4. The summed E-state index contributed by atoms with van der Waals surface area (Å²) in [7, 11) is 0. The Kier molecular flexibility index (Phi) is 5.90. The highest BCUT2D eigenvalue weighted by Gasteiger charge is 2.49. The van der Waals surface area contributed by atoms with E-state index in [-0.39, 0.29) is 37.3 Å². The van der Waals surface area contributed by atoms with Gasteiger partial charge >= 0.3 is 0 Å². The smallest absolute Gasteiger partial charge is 0.255 e. The van der Waals surface area contributed by atoms with Gasteiger partial charge in [-0.05, 0) is 65.2 Å². The molecule has 4 heterocycles. The Morgan fingerprint density at radius 3 is 2.91 bits per heavy atom. The summed E-state index contributed by atoms with van der Waals surface area (Å²) in [4.78, 5) is 19.4. The van der Waals surface area contributed by atoms with Gasteiger partial charge in [0, 0.05) is 34.6 Å². The molecule has 0 unspecified atom stereocenters. The van der Waals surface area contributed by atoms with Crippen LogP contribution in [0, 0.1) is 9.39 Å². The highest BCUT2D eigenvalue weighted by molar-refractivity contribution is 14.1. The second-order valence-electron chi connectivity index (χ2n) is 8.67. The van der Waals surface area contributed by atoms with Gasteiger partial charge in [-0.15, -0.1) is 0 Å². The van der Waals surface area contributed by atoms with Crippen molar-refractivity contribution >= 4 is 45.7 Å². The van der Waals surface area contributed by atoms with Crippen molar-refractivity contribution < 1.29 is 14.3 Å². The Morgan fingerprint density at radius 1 is 1.38 bits per heavy atom. The first-order valence-electron chi connectivity index (χ1n) is 10.7. The second kappa shape index (κ2) is 8.55. The number of nitrogens with one attached hydrogen (secondary N) is 1. The maximum absolute atomic E-state index is 14.6. The lowest BCUT2D eigenvalue weighted by molar-refractivity contribution is -0.108. The summed E-state index contributed by atoms with van der Waals surface area (Å²) in [6.45, 7) is 1.42. The molecule has 1 aromatic carbocycles. The van der Waals surface area contributed by atoms with Crippen molar-refractivity contribution in [3.63, 3.8) is 0 Å². The number of β-amino-alcohol motifs (C(OH)–C–C–N with tert-alkyl or cyclic N) is 1. The number of carbonyl (C=O) groups excluding carboxylic acids is 1. The SMILES string of the molecule is O=C(c1cn2ccnc2c(Cl)c1Cc1ccc(I)cc1F)N1CC(O)([C@@H]2CCCCN2)C1. The Bertz CT molecular complexity index is 1190. The number of benzene rings is 1. The third kappa shape index (κ3) is 3.91. The van der Waals surface area contributed by atoms with Gasteiger partial charge in [0.1, 0.15) is 11.4 Å². The molecule has 2 fully saturated rings. The molecule has 0 radical (unpaired) electrons. The summed E-state index contributed by atoms with van der Waals surface area (Å²) in [6, 6.07) is 5.01. The molecule has 2 N–H and O–H groups in total. The number of imidazole rings is 1. The molecule has 168 valence electrons. The number of piperidine rings is 1. The minimum Gasteiger partial charge on any atom is -0.385 e. The zero-order valence-electron chi connectivity index (χ0n) is 17.3. The van der Waals surface area contributed by atoms with Gasteiger partial charge in [0.05, 0.1) is 23.7 Å². The van der Waals surface area contributed by atoms with Crippen LogP contribution in [0.15, 0.2) is 36.8 Å². The van der Waals surface area contributed by atoms with Crippen molar-refractivity contribution in [2.75, 3.05) is 19.6 Å². The molecule has 6 nitrogen and oxygen atoms in total. The van der Waals surface area contributed by atoms with Crippen LogP contribution in [0.3, 0.4) is 0 Å². The van der Waals surface area contributed by atoms with Crippen LogP contribution in [0.1, 0.15) is 40.7 Å². The summed E-state index contributed by atoms with van der Waals surface area (Å²) < 4.78 is 17.1. The van der Waals surface area contributed by atoms with E-state index in [1.165, 1.54) is 6.07 Å². The molecule has 1 atom stereocenters. The van der Waals surface area contributed by atoms with Gasteiger partial charge in [0.15, 0.2) is 5.65 Å². The first-order chi connectivity index (χ1) is 15.4. The van der Waals surface area contributed by atoms with Crippen LogP contribution in [0.25, 0.3) is 5.65 Å². The van der Waals surface area contributed by atoms with Crippen LogP contribution in [-0.4, -0.2) is 56.6 Å². The Balaban J connectivity index is 1.46. The monoisotopic (exact) mass is 568 g/mol. The molecule has 0 bridgehead atoms.